The first-order valence-corrected chi connectivity index (χ1v) is 7.55. The molecule has 1 aliphatic heterocycles. The van der Waals surface area contributed by atoms with Crippen molar-refractivity contribution in [3.8, 4) is 5.75 Å². The maximum atomic E-state index is 12.9. The number of fused-ring (bicyclic) bond motifs is 1. The van der Waals surface area contributed by atoms with Gasteiger partial charge in [0.2, 0.25) is 0 Å². The lowest BCUT2D eigenvalue weighted by molar-refractivity contribution is 0.0986. The summed E-state index contributed by atoms with van der Waals surface area (Å²) in [5.74, 6) is 0.663. The molecule has 1 heterocycles. The van der Waals surface area contributed by atoms with Gasteiger partial charge in [0, 0.05) is 16.7 Å². The number of amides is 1. The summed E-state index contributed by atoms with van der Waals surface area (Å²) in [5.41, 5.74) is 7.74. The monoisotopic (exact) mass is 346 g/mol. The van der Waals surface area contributed by atoms with Crippen LogP contribution in [0, 0.1) is 0 Å². The van der Waals surface area contributed by atoms with Crippen molar-refractivity contribution in [1.82, 2.24) is 0 Å². The van der Waals surface area contributed by atoms with E-state index in [4.69, 9.17) is 10.5 Å². The summed E-state index contributed by atoms with van der Waals surface area (Å²) in [6, 6.07) is 12.9. The highest BCUT2D eigenvalue weighted by atomic mass is 79.9. The molecule has 2 aromatic rings. The number of nitrogen functional groups attached to an aromatic ring is 1. The summed E-state index contributed by atoms with van der Waals surface area (Å²) < 4.78 is 6.43. The van der Waals surface area contributed by atoms with Gasteiger partial charge in [-0.2, -0.15) is 0 Å². The molecule has 1 amide bonds. The normalized spacial score (nSPS) is 14.0. The van der Waals surface area contributed by atoms with E-state index in [2.05, 4.69) is 15.9 Å². The fraction of sp³-hybridized carbons (Fsp3) is 0.188. The third-order valence-electron chi connectivity index (χ3n) is 3.41. The molecule has 21 heavy (non-hydrogen) atoms. The van der Waals surface area contributed by atoms with Crippen molar-refractivity contribution in [1.29, 1.82) is 0 Å². The minimum atomic E-state index is -0.0767. The molecule has 0 fully saturated rings. The Hall–Kier alpha value is -2.01. The highest BCUT2D eigenvalue weighted by Crippen LogP contribution is 2.32. The molecule has 0 radical (unpaired) electrons. The second-order valence-electron chi connectivity index (χ2n) is 4.87. The average Bonchev–Trinajstić information content (AvgIpc) is 2.71. The van der Waals surface area contributed by atoms with Crippen LogP contribution >= 0.6 is 15.9 Å². The van der Waals surface area contributed by atoms with Crippen LogP contribution in [0.4, 0.5) is 11.4 Å². The lowest BCUT2D eigenvalue weighted by Crippen LogP contribution is -2.31. The van der Waals surface area contributed by atoms with Gasteiger partial charge in [-0.25, -0.2) is 0 Å². The summed E-state index contributed by atoms with van der Waals surface area (Å²) in [4.78, 5) is 14.6. The van der Waals surface area contributed by atoms with Gasteiger partial charge in [0.15, 0.2) is 0 Å². The lowest BCUT2D eigenvalue weighted by atomic mass is 10.1. The Morgan fingerprint density at radius 1 is 1.24 bits per heavy atom. The van der Waals surface area contributed by atoms with Crippen LogP contribution in [0.3, 0.4) is 0 Å². The summed E-state index contributed by atoms with van der Waals surface area (Å²) in [5, 5.41) is 0. The topological polar surface area (TPSA) is 55.6 Å². The molecule has 1 aliphatic rings. The van der Waals surface area contributed by atoms with E-state index in [1.807, 2.05) is 24.3 Å². The minimum Gasteiger partial charge on any atom is -0.491 e. The van der Waals surface area contributed by atoms with E-state index in [0.29, 0.717) is 24.4 Å². The largest absolute Gasteiger partial charge is 0.491 e. The van der Waals surface area contributed by atoms with Gasteiger partial charge in [0.25, 0.3) is 5.91 Å². The Kier molecular flexibility index (Phi) is 3.84. The summed E-state index contributed by atoms with van der Waals surface area (Å²) in [6.45, 7) is 1.23. The van der Waals surface area contributed by atoms with Crippen molar-refractivity contribution in [3.63, 3.8) is 0 Å². The summed E-state index contributed by atoms with van der Waals surface area (Å²) in [7, 11) is 0. The van der Waals surface area contributed by atoms with E-state index in [-0.39, 0.29) is 5.91 Å². The SMILES string of the molecule is Nc1ccc(Br)c(C(=O)N2CCCOc3ccccc32)c1. The molecule has 0 atom stereocenters. The number of ether oxygens (including phenoxy) is 1. The number of nitrogens with zero attached hydrogens (tertiary/aromatic N) is 1. The third kappa shape index (κ3) is 2.74. The molecule has 5 heteroatoms. The molecule has 0 aliphatic carbocycles. The van der Waals surface area contributed by atoms with E-state index in [1.165, 1.54) is 0 Å². The molecule has 0 saturated heterocycles. The van der Waals surface area contributed by atoms with Crippen molar-refractivity contribution >= 4 is 33.2 Å². The number of hydrogen-bond acceptors (Lipinski definition) is 3. The van der Waals surface area contributed by atoms with Gasteiger partial charge in [-0.15, -0.1) is 0 Å². The molecule has 0 spiro atoms. The zero-order valence-electron chi connectivity index (χ0n) is 11.4. The minimum absolute atomic E-state index is 0.0767. The Balaban J connectivity index is 2.03. The number of carbonyl (C=O) groups is 1. The van der Waals surface area contributed by atoms with Gasteiger partial charge in [-0.05, 0) is 52.7 Å². The Labute approximate surface area is 131 Å². The molecule has 0 unspecified atom stereocenters. The summed E-state index contributed by atoms with van der Waals surface area (Å²) >= 11 is 3.42. The second-order valence-corrected chi connectivity index (χ2v) is 5.72. The molecule has 2 N–H and O–H groups in total. The Morgan fingerprint density at radius 2 is 2.05 bits per heavy atom. The van der Waals surface area contributed by atoms with Crippen molar-refractivity contribution < 1.29 is 9.53 Å². The smallest absolute Gasteiger partial charge is 0.259 e. The first-order valence-electron chi connectivity index (χ1n) is 6.75. The lowest BCUT2D eigenvalue weighted by Gasteiger charge is -2.22. The first-order chi connectivity index (χ1) is 10.2. The molecule has 4 nitrogen and oxygen atoms in total. The number of para-hydroxylation sites is 2. The number of carbonyl (C=O) groups excluding carboxylic acids is 1. The maximum absolute atomic E-state index is 12.9. The van der Waals surface area contributed by atoms with Crippen molar-refractivity contribution in [3.05, 3.63) is 52.5 Å². The van der Waals surface area contributed by atoms with Gasteiger partial charge < -0.3 is 15.4 Å². The molecular formula is C16H15BrN2O2. The van der Waals surface area contributed by atoms with Crippen molar-refractivity contribution in [2.24, 2.45) is 0 Å². The molecular weight excluding hydrogens is 332 g/mol. The Morgan fingerprint density at radius 3 is 2.90 bits per heavy atom. The number of rotatable bonds is 1. The van der Waals surface area contributed by atoms with Gasteiger partial charge in [0.05, 0.1) is 17.9 Å². The molecule has 108 valence electrons. The Bertz CT molecular complexity index is 688. The second kappa shape index (κ2) is 5.77. The zero-order chi connectivity index (χ0) is 14.8. The molecule has 0 aromatic heterocycles. The standard InChI is InChI=1S/C16H15BrN2O2/c17-13-7-6-11(18)10-12(13)16(20)19-8-3-9-21-15-5-2-1-4-14(15)19/h1-2,4-7,10H,3,8-9,18H2. The van der Waals surface area contributed by atoms with Crippen LogP contribution in [0.2, 0.25) is 0 Å². The highest BCUT2D eigenvalue weighted by molar-refractivity contribution is 9.10. The highest BCUT2D eigenvalue weighted by Gasteiger charge is 2.24. The van der Waals surface area contributed by atoms with Crippen molar-refractivity contribution in [2.75, 3.05) is 23.8 Å². The van der Waals surface area contributed by atoms with E-state index in [0.717, 1.165) is 22.3 Å². The van der Waals surface area contributed by atoms with Crippen molar-refractivity contribution in [2.45, 2.75) is 6.42 Å². The quantitative estimate of drug-likeness (QED) is 0.804. The van der Waals surface area contributed by atoms with Crippen LogP contribution in [0.25, 0.3) is 0 Å². The van der Waals surface area contributed by atoms with Gasteiger partial charge in [0.1, 0.15) is 5.75 Å². The van der Waals surface area contributed by atoms with Crippen LogP contribution in [0.1, 0.15) is 16.8 Å². The average molecular weight is 347 g/mol. The van der Waals surface area contributed by atoms with Gasteiger partial charge >= 0.3 is 0 Å². The number of benzene rings is 2. The van der Waals surface area contributed by atoms with Crippen LogP contribution in [0.15, 0.2) is 46.9 Å². The first kappa shape index (κ1) is 13.9. The fourth-order valence-corrected chi connectivity index (χ4v) is 2.81. The van der Waals surface area contributed by atoms with Crippen LogP contribution in [0.5, 0.6) is 5.75 Å². The molecule has 0 bridgehead atoms. The molecule has 3 rings (SSSR count). The zero-order valence-corrected chi connectivity index (χ0v) is 13.0. The fourth-order valence-electron chi connectivity index (χ4n) is 2.39. The van der Waals surface area contributed by atoms with Gasteiger partial charge in [-0.1, -0.05) is 12.1 Å². The van der Waals surface area contributed by atoms with E-state index < -0.39 is 0 Å². The number of nitrogens with two attached hydrogens (primary N) is 1. The van der Waals surface area contributed by atoms with Crippen LogP contribution in [-0.4, -0.2) is 19.1 Å². The maximum Gasteiger partial charge on any atom is 0.259 e. The number of hydrogen-bond donors (Lipinski definition) is 1. The van der Waals surface area contributed by atoms with Gasteiger partial charge in [-0.3, -0.25) is 4.79 Å². The van der Waals surface area contributed by atoms with E-state index >= 15 is 0 Å². The third-order valence-corrected chi connectivity index (χ3v) is 4.10. The van der Waals surface area contributed by atoms with E-state index in [9.17, 15) is 4.79 Å². The molecule has 2 aromatic carbocycles. The number of anilines is 2. The van der Waals surface area contributed by atoms with Crippen LogP contribution < -0.4 is 15.4 Å². The summed E-state index contributed by atoms with van der Waals surface area (Å²) in [6.07, 6.45) is 0.792. The van der Waals surface area contributed by atoms with Crippen LogP contribution in [-0.2, 0) is 0 Å². The predicted octanol–water partition coefficient (Wildman–Crippen LogP) is 3.46. The van der Waals surface area contributed by atoms with E-state index in [1.54, 1.807) is 23.1 Å². The predicted molar refractivity (Wildman–Crippen MR) is 86.8 cm³/mol. The molecule has 0 saturated carbocycles. The number of halogens is 1.